The molecule has 0 saturated heterocycles. The van der Waals surface area contributed by atoms with Crippen LogP contribution in [0.25, 0.3) is 0 Å². The molecule has 0 fully saturated rings. The van der Waals surface area contributed by atoms with E-state index in [4.69, 9.17) is 4.74 Å². The molecular weight excluding hydrogens is 214 g/mol. The summed E-state index contributed by atoms with van der Waals surface area (Å²) in [5, 5.41) is 12.0. The Morgan fingerprint density at radius 2 is 2.13 bits per heavy atom. The van der Waals surface area contributed by atoms with Crippen molar-refractivity contribution in [3.8, 4) is 0 Å². The fourth-order valence-corrected chi connectivity index (χ4v) is 1.52. The van der Waals surface area contributed by atoms with Crippen LogP contribution >= 0.6 is 11.3 Å². The molecule has 0 atom stereocenters. The summed E-state index contributed by atoms with van der Waals surface area (Å²) >= 11 is 1.46. The first kappa shape index (κ1) is 11.9. The van der Waals surface area contributed by atoms with E-state index in [1.807, 2.05) is 27.7 Å². The zero-order valence-corrected chi connectivity index (χ0v) is 10.1. The maximum atomic E-state index is 11.3. The number of hydrogen-bond acceptors (Lipinski definition) is 5. The third kappa shape index (κ3) is 4.73. The summed E-state index contributed by atoms with van der Waals surface area (Å²) in [6, 6.07) is 0. The van der Waals surface area contributed by atoms with Crippen LogP contribution in [0.3, 0.4) is 0 Å². The fourth-order valence-electron chi connectivity index (χ4n) is 0.871. The Kier molecular flexibility index (Phi) is 3.62. The number of nitrogens with zero attached hydrogens (tertiary/aromatic N) is 2. The predicted molar refractivity (Wildman–Crippen MR) is 57.7 cm³/mol. The summed E-state index contributed by atoms with van der Waals surface area (Å²) < 4.78 is 5.07. The molecule has 0 unspecified atom stereocenters. The minimum atomic E-state index is -0.471. The largest absolute Gasteiger partial charge is 0.444 e. The topological polar surface area (TPSA) is 64.1 Å². The summed E-state index contributed by atoms with van der Waals surface area (Å²) in [4.78, 5) is 11.3. The highest BCUT2D eigenvalue weighted by Gasteiger charge is 2.16. The molecule has 0 aliphatic carbocycles. The quantitative estimate of drug-likeness (QED) is 0.840. The number of aryl methyl sites for hydroxylation is 1. The molecule has 0 saturated carbocycles. The molecule has 1 heterocycles. The van der Waals surface area contributed by atoms with Crippen molar-refractivity contribution in [3.63, 3.8) is 0 Å². The zero-order valence-electron chi connectivity index (χ0n) is 9.33. The van der Waals surface area contributed by atoms with E-state index in [0.717, 1.165) is 10.0 Å². The predicted octanol–water partition coefficient (Wildman–Crippen LogP) is 1.87. The van der Waals surface area contributed by atoms with E-state index in [1.54, 1.807) is 0 Å². The highest BCUT2D eigenvalue weighted by Crippen LogP contribution is 2.09. The van der Waals surface area contributed by atoms with E-state index in [-0.39, 0.29) is 0 Å². The van der Waals surface area contributed by atoms with Crippen molar-refractivity contribution in [2.75, 3.05) is 0 Å². The molecule has 0 aromatic carbocycles. The summed E-state index contributed by atoms with van der Waals surface area (Å²) in [6.45, 7) is 7.69. The lowest BCUT2D eigenvalue weighted by molar-refractivity contribution is 0.0523. The smallest absolute Gasteiger partial charge is 0.408 e. The second-order valence-electron chi connectivity index (χ2n) is 4.07. The second kappa shape index (κ2) is 4.57. The molecule has 0 aliphatic heterocycles. The van der Waals surface area contributed by atoms with Gasteiger partial charge in [-0.1, -0.05) is 11.3 Å². The summed E-state index contributed by atoms with van der Waals surface area (Å²) in [5.74, 6) is 0. The van der Waals surface area contributed by atoms with Gasteiger partial charge in [0.2, 0.25) is 0 Å². The van der Waals surface area contributed by atoms with Gasteiger partial charge < -0.3 is 10.1 Å². The van der Waals surface area contributed by atoms with Gasteiger partial charge in [-0.05, 0) is 27.7 Å². The van der Waals surface area contributed by atoms with Gasteiger partial charge in [-0.15, -0.1) is 10.2 Å². The monoisotopic (exact) mass is 229 g/mol. The molecule has 6 heteroatoms. The van der Waals surface area contributed by atoms with E-state index < -0.39 is 11.7 Å². The van der Waals surface area contributed by atoms with E-state index in [1.165, 1.54) is 11.3 Å². The molecule has 15 heavy (non-hydrogen) atoms. The summed E-state index contributed by atoms with van der Waals surface area (Å²) in [5.41, 5.74) is -0.471. The molecule has 1 aromatic rings. The van der Waals surface area contributed by atoms with Crippen LogP contribution < -0.4 is 5.32 Å². The third-order valence-corrected chi connectivity index (χ3v) is 2.19. The van der Waals surface area contributed by atoms with Crippen molar-refractivity contribution in [2.24, 2.45) is 0 Å². The Hall–Kier alpha value is -1.17. The Bertz CT molecular complexity index is 343. The molecule has 0 aliphatic rings. The van der Waals surface area contributed by atoms with Gasteiger partial charge in [0.15, 0.2) is 0 Å². The number of rotatable bonds is 2. The van der Waals surface area contributed by atoms with Gasteiger partial charge in [-0.25, -0.2) is 4.79 Å². The van der Waals surface area contributed by atoms with E-state index >= 15 is 0 Å². The Morgan fingerprint density at radius 1 is 1.47 bits per heavy atom. The van der Waals surface area contributed by atoms with Crippen molar-refractivity contribution < 1.29 is 9.53 Å². The number of nitrogens with one attached hydrogen (secondary N) is 1. The number of aromatic nitrogens is 2. The van der Waals surface area contributed by atoms with Gasteiger partial charge in [-0.3, -0.25) is 0 Å². The van der Waals surface area contributed by atoms with Crippen LogP contribution in [-0.4, -0.2) is 21.9 Å². The Balaban J connectivity index is 2.35. The molecule has 5 nitrogen and oxygen atoms in total. The standard InChI is InChI=1S/C9H15N3O2S/c1-6-11-12-7(15-6)5-10-8(13)14-9(2,3)4/h5H2,1-4H3,(H,10,13). The van der Waals surface area contributed by atoms with Crippen LogP contribution in [-0.2, 0) is 11.3 Å². The summed E-state index contributed by atoms with van der Waals surface area (Å²) in [7, 11) is 0. The van der Waals surface area contributed by atoms with Crippen LogP contribution in [0, 0.1) is 6.92 Å². The van der Waals surface area contributed by atoms with Crippen LogP contribution in [0.2, 0.25) is 0 Å². The van der Waals surface area contributed by atoms with Gasteiger partial charge >= 0.3 is 6.09 Å². The van der Waals surface area contributed by atoms with Crippen LogP contribution in [0.4, 0.5) is 4.79 Å². The first-order chi connectivity index (χ1) is 6.87. The normalized spacial score (nSPS) is 11.2. The van der Waals surface area contributed by atoms with Crippen molar-refractivity contribution in [1.82, 2.24) is 15.5 Å². The number of ether oxygens (including phenoxy) is 1. The van der Waals surface area contributed by atoms with E-state index in [2.05, 4.69) is 15.5 Å². The first-order valence-corrected chi connectivity index (χ1v) is 5.44. The van der Waals surface area contributed by atoms with Gasteiger partial charge in [0, 0.05) is 0 Å². The Labute approximate surface area is 92.9 Å². The van der Waals surface area contributed by atoms with Gasteiger partial charge in [0.1, 0.15) is 15.6 Å². The number of carbonyl (C=O) groups is 1. The maximum absolute atomic E-state index is 11.3. The molecule has 0 spiro atoms. The maximum Gasteiger partial charge on any atom is 0.408 e. The van der Waals surface area contributed by atoms with Gasteiger partial charge in [-0.2, -0.15) is 0 Å². The highest BCUT2D eigenvalue weighted by molar-refractivity contribution is 7.11. The lowest BCUT2D eigenvalue weighted by atomic mass is 10.2. The number of amides is 1. The number of hydrogen-bond donors (Lipinski definition) is 1. The van der Waals surface area contributed by atoms with E-state index in [0.29, 0.717) is 6.54 Å². The first-order valence-electron chi connectivity index (χ1n) is 4.62. The minimum Gasteiger partial charge on any atom is -0.444 e. The molecule has 84 valence electrons. The average molecular weight is 229 g/mol. The van der Waals surface area contributed by atoms with Crippen molar-refractivity contribution in [1.29, 1.82) is 0 Å². The number of alkyl carbamates (subject to hydrolysis) is 1. The second-order valence-corrected chi connectivity index (χ2v) is 5.34. The van der Waals surface area contributed by atoms with Crippen LogP contribution in [0.5, 0.6) is 0 Å². The van der Waals surface area contributed by atoms with Crippen molar-refractivity contribution >= 4 is 17.4 Å². The molecule has 1 N–H and O–H groups in total. The van der Waals surface area contributed by atoms with Gasteiger partial charge in [0.25, 0.3) is 0 Å². The SMILES string of the molecule is Cc1nnc(CNC(=O)OC(C)(C)C)s1. The average Bonchev–Trinajstić information content (AvgIpc) is 2.45. The Morgan fingerprint density at radius 3 is 2.60 bits per heavy atom. The van der Waals surface area contributed by atoms with Crippen LogP contribution in [0.1, 0.15) is 30.8 Å². The van der Waals surface area contributed by atoms with E-state index in [9.17, 15) is 4.79 Å². The molecule has 1 aromatic heterocycles. The lowest BCUT2D eigenvalue weighted by Crippen LogP contribution is -2.32. The summed E-state index contributed by atoms with van der Waals surface area (Å²) in [6.07, 6.45) is -0.435. The zero-order chi connectivity index (χ0) is 11.5. The number of carbonyl (C=O) groups excluding carboxylic acids is 1. The highest BCUT2D eigenvalue weighted by atomic mass is 32.1. The third-order valence-electron chi connectivity index (χ3n) is 1.35. The molecule has 0 radical (unpaired) electrons. The van der Waals surface area contributed by atoms with Gasteiger partial charge in [0.05, 0.1) is 6.54 Å². The molecule has 1 amide bonds. The van der Waals surface area contributed by atoms with Crippen LogP contribution in [0.15, 0.2) is 0 Å². The van der Waals surface area contributed by atoms with Crippen molar-refractivity contribution in [3.05, 3.63) is 10.0 Å². The fraction of sp³-hybridized carbons (Fsp3) is 0.667. The molecule has 1 rings (SSSR count). The minimum absolute atomic E-state index is 0.362. The molecule has 0 bridgehead atoms. The lowest BCUT2D eigenvalue weighted by Gasteiger charge is -2.19. The van der Waals surface area contributed by atoms with Crippen molar-refractivity contribution in [2.45, 2.75) is 39.8 Å². The molecular formula is C9H15N3O2S.